The standard InChI is InChI=1S/C22H23N3O7S/c1-32-17-5-7-24(8-6-17)33(30,31)20-11-15(22(28)29)2-3-18(20)14-4-9-25-19(10-14)16(13-23-25)12-21(26)27/h2-4,9-11,13,17H,5-8,12H2,1H3,(H,26,27)(H,28,29). The fourth-order valence-corrected chi connectivity index (χ4v) is 5.76. The summed E-state index contributed by atoms with van der Waals surface area (Å²) in [6.45, 7) is 0.532. The number of pyridine rings is 1. The number of nitrogens with zero attached hydrogens (tertiary/aromatic N) is 3. The molecule has 0 radical (unpaired) electrons. The Kier molecular flexibility index (Phi) is 6.19. The lowest BCUT2D eigenvalue weighted by Gasteiger charge is -2.31. The first-order valence-electron chi connectivity index (χ1n) is 10.3. The van der Waals surface area contributed by atoms with E-state index in [0.717, 1.165) is 0 Å². The number of hydrogen-bond donors (Lipinski definition) is 2. The van der Waals surface area contributed by atoms with Gasteiger partial charge < -0.3 is 14.9 Å². The molecule has 1 aliphatic heterocycles. The molecule has 0 bridgehead atoms. The van der Waals surface area contributed by atoms with Crippen LogP contribution in [0.4, 0.5) is 0 Å². The Morgan fingerprint density at radius 1 is 1.15 bits per heavy atom. The monoisotopic (exact) mass is 473 g/mol. The highest BCUT2D eigenvalue weighted by Gasteiger charge is 2.32. The number of benzene rings is 1. The summed E-state index contributed by atoms with van der Waals surface area (Å²) in [5.41, 5.74) is 1.72. The molecule has 0 spiro atoms. The molecule has 0 amide bonds. The molecule has 0 atom stereocenters. The first-order valence-corrected chi connectivity index (χ1v) is 11.7. The van der Waals surface area contributed by atoms with E-state index >= 15 is 0 Å². The van der Waals surface area contributed by atoms with Gasteiger partial charge in [-0.25, -0.2) is 17.7 Å². The van der Waals surface area contributed by atoms with Gasteiger partial charge in [0, 0.05) is 37.5 Å². The van der Waals surface area contributed by atoms with Crippen molar-refractivity contribution in [3.8, 4) is 11.1 Å². The lowest BCUT2D eigenvalue weighted by molar-refractivity contribution is -0.136. The lowest BCUT2D eigenvalue weighted by atomic mass is 10.0. The van der Waals surface area contributed by atoms with Crippen molar-refractivity contribution in [2.24, 2.45) is 0 Å². The summed E-state index contributed by atoms with van der Waals surface area (Å²) in [5.74, 6) is -2.24. The van der Waals surface area contributed by atoms with Gasteiger partial charge in [0.2, 0.25) is 10.0 Å². The van der Waals surface area contributed by atoms with Crippen LogP contribution in [-0.2, 0) is 26.0 Å². The number of aromatic carboxylic acids is 1. The molecule has 2 aromatic heterocycles. The average Bonchev–Trinajstić information content (AvgIpc) is 3.20. The van der Waals surface area contributed by atoms with E-state index in [4.69, 9.17) is 9.84 Å². The zero-order chi connectivity index (χ0) is 23.8. The number of methoxy groups -OCH3 is 1. The Balaban J connectivity index is 1.83. The van der Waals surface area contributed by atoms with E-state index in [9.17, 15) is 23.1 Å². The van der Waals surface area contributed by atoms with Crippen LogP contribution in [-0.4, -0.2) is 70.8 Å². The third-order valence-electron chi connectivity index (χ3n) is 5.83. The zero-order valence-corrected chi connectivity index (χ0v) is 18.7. The highest BCUT2D eigenvalue weighted by Crippen LogP contribution is 2.33. The predicted molar refractivity (Wildman–Crippen MR) is 118 cm³/mol. The van der Waals surface area contributed by atoms with Crippen molar-refractivity contribution in [3.63, 3.8) is 0 Å². The topological polar surface area (TPSA) is 139 Å². The number of carbonyl (C=O) groups is 2. The van der Waals surface area contributed by atoms with Gasteiger partial charge in [0.05, 0.1) is 34.7 Å². The molecule has 0 saturated carbocycles. The maximum atomic E-state index is 13.6. The first-order chi connectivity index (χ1) is 15.7. The van der Waals surface area contributed by atoms with Gasteiger partial charge in [0.25, 0.3) is 0 Å². The fraction of sp³-hybridized carbons (Fsp3) is 0.318. The normalized spacial score (nSPS) is 15.7. The number of ether oxygens (including phenoxy) is 1. The lowest BCUT2D eigenvalue weighted by Crippen LogP contribution is -2.40. The number of piperidine rings is 1. The summed E-state index contributed by atoms with van der Waals surface area (Å²) >= 11 is 0. The summed E-state index contributed by atoms with van der Waals surface area (Å²) in [6.07, 6.45) is 3.91. The van der Waals surface area contributed by atoms with Crippen molar-refractivity contribution < 1.29 is 33.0 Å². The van der Waals surface area contributed by atoms with Crippen LogP contribution in [0.5, 0.6) is 0 Å². The molecule has 0 unspecified atom stereocenters. The Hall–Kier alpha value is -3.28. The van der Waals surface area contributed by atoms with Crippen molar-refractivity contribution in [1.82, 2.24) is 13.9 Å². The molecule has 2 N–H and O–H groups in total. The molecule has 1 fully saturated rings. The number of aromatic nitrogens is 2. The summed E-state index contributed by atoms with van der Waals surface area (Å²) < 4.78 is 35.3. The van der Waals surface area contributed by atoms with E-state index in [-0.39, 0.29) is 36.1 Å². The maximum absolute atomic E-state index is 13.6. The molecule has 11 heteroatoms. The van der Waals surface area contributed by atoms with Crippen LogP contribution in [0.15, 0.2) is 47.6 Å². The second-order valence-electron chi connectivity index (χ2n) is 7.84. The molecule has 174 valence electrons. The Morgan fingerprint density at radius 3 is 2.52 bits per heavy atom. The van der Waals surface area contributed by atoms with Crippen LogP contribution in [0.2, 0.25) is 0 Å². The molecule has 3 aromatic rings. The van der Waals surface area contributed by atoms with Crippen LogP contribution in [0.1, 0.15) is 28.8 Å². The van der Waals surface area contributed by atoms with Gasteiger partial charge in [0.15, 0.2) is 0 Å². The first kappa shape index (κ1) is 22.9. The Morgan fingerprint density at radius 2 is 1.88 bits per heavy atom. The van der Waals surface area contributed by atoms with Gasteiger partial charge >= 0.3 is 11.9 Å². The minimum Gasteiger partial charge on any atom is -0.481 e. The molecule has 10 nitrogen and oxygen atoms in total. The second-order valence-corrected chi connectivity index (χ2v) is 9.75. The summed E-state index contributed by atoms with van der Waals surface area (Å²) in [5, 5.41) is 22.8. The predicted octanol–water partition coefficient (Wildman–Crippen LogP) is 2.13. The Bertz CT molecular complexity index is 1330. The third kappa shape index (κ3) is 4.47. The SMILES string of the molecule is COC1CCN(S(=O)(=O)c2cc(C(=O)O)ccc2-c2ccn3ncc(CC(=O)O)c3c2)CC1. The van der Waals surface area contributed by atoms with Crippen molar-refractivity contribution >= 4 is 27.5 Å². The molecule has 3 heterocycles. The number of sulfonamides is 1. The van der Waals surface area contributed by atoms with Crippen LogP contribution in [0.25, 0.3) is 16.6 Å². The number of fused-ring (bicyclic) bond motifs is 1. The highest BCUT2D eigenvalue weighted by atomic mass is 32.2. The van der Waals surface area contributed by atoms with Crippen LogP contribution < -0.4 is 0 Å². The number of carboxylic acids is 2. The summed E-state index contributed by atoms with van der Waals surface area (Å²) in [4.78, 5) is 22.7. The van der Waals surface area contributed by atoms with Gasteiger partial charge in [-0.2, -0.15) is 9.40 Å². The molecule has 1 aromatic carbocycles. The fourth-order valence-electron chi connectivity index (χ4n) is 4.05. The molecule has 1 aliphatic rings. The van der Waals surface area contributed by atoms with E-state index in [1.807, 2.05) is 0 Å². The third-order valence-corrected chi connectivity index (χ3v) is 7.77. The van der Waals surface area contributed by atoms with E-state index < -0.39 is 22.0 Å². The smallest absolute Gasteiger partial charge is 0.335 e. The van der Waals surface area contributed by atoms with E-state index in [2.05, 4.69) is 5.10 Å². The number of carboxylic acid groups (broad SMARTS) is 2. The van der Waals surface area contributed by atoms with Crippen molar-refractivity contribution in [2.75, 3.05) is 20.2 Å². The largest absolute Gasteiger partial charge is 0.481 e. The van der Waals surface area contributed by atoms with Crippen LogP contribution >= 0.6 is 0 Å². The summed E-state index contributed by atoms with van der Waals surface area (Å²) in [6, 6.07) is 7.33. The van der Waals surface area contributed by atoms with Gasteiger partial charge in [0.1, 0.15) is 0 Å². The van der Waals surface area contributed by atoms with Crippen molar-refractivity contribution in [1.29, 1.82) is 0 Å². The van der Waals surface area contributed by atoms with Gasteiger partial charge in [-0.1, -0.05) is 6.07 Å². The van der Waals surface area contributed by atoms with E-state index in [1.165, 1.54) is 33.2 Å². The molecule has 0 aliphatic carbocycles. The summed E-state index contributed by atoms with van der Waals surface area (Å²) in [7, 11) is -2.41. The van der Waals surface area contributed by atoms with Gasteiger partial charge in [-0.15, -0.1) is 0 Å². The van der Waals surface area contributed by atoms with Crippen molar-refractivity contribution in [3.05, 3.63) is 53.9 Å². The number of hydrogen-bond acceptors (Lipinski definition) is 6. The van der Waals surface area contributed by atoms with Crippen LogP contribution in [0, 0.1) is 0 Å². The number of rotatable bonds is 7. The molecular weight excluding hydrogens is 450 g/mol. The molecular formula is C22H23N3O7S. The van der Waals surface area contributed by atoms with E-state index in [1.54, 1.807) is 25.4 Å². The van der Waals surface area contributed by atoms with Crippen molar-refractivity contribution in [2.45, 2.75) is 30.3 Å². The molecule has 4 rings (SSSR count). The molecule has 33 heavy (non-hydrogen) atoms. The quantitative estimate of drug-likeness (QED) is 0.532. The molecule has 1 saturated heterocycles. The maximum Gasteiger partial charge on any atom is 0.335 e. The zero-order valence-electron chi connectivity index (χ0n) is 17.8. The second kappa shape index (κ2) is 8.93. The highest BCUT2D eigenvalue weighted by molar-refractivity contribution is 7.89. The minimum atomic E-state index is -4.00. The van der Waals surface area contributed by atoms with E-state index in [0.29, 0.717) is 35.0 Å². The minimum absolute atomic E-state index is 0.0156. The van der Waals surface area contributed by atoms with Gasteiger partial charge in [-0.3, -0.25) is 4.79 Å². The number of aliphatic carboxylic acids is 1. The Labute approximate surface area is 190 Å². The van der Waals surface area contributed by atoms with Gasteiger partial charge in [-0.05, 0) is 42.7 Å². The van der Waals surface area contributed by atoms with Crippen LogP contribution in [0.3, 0.4) is 0 Å². The average molecular weight is 474 g/mol.